The Hall–Kier alpha value is -1.02. The third-order valence-electron chi connectivity index (χ3n) is 2.12. The molecule has 1 saturated heterocycles. The lowest BCUT2D eigenvalue weighted by Crippen LogP contribution is -1.99. The fourth-order valence-electron chi connectivity index (χ4n) is 1.40. The van der Waals surface area contributed by atoms with Gasteiger partial charge in [-0.15, -0.1) is 0 Å². The molecule has 1 atom stereocenters. The lowest BCUT2D eigenvalue weighted by Gasteiger charge is -2.07. The van der Waals surface area contributed by atoms with Crippen LogP contribution >= 0.6 is 0 Å². The van der Waals surface area contributed by atoms with Crippen molar-refractivity contribution in [1.29, 1.82) is 0 Å². The summed E-state index contributed by atoms with van der Waals surface area (Å²) in [6.07, 6.45) is 1.41. The third-order valence-corrected chi connectivity index (χ3v) is 2.12. The van der Waals surface area contributed by atoms with E-state index in [1.54, 1.807) is 0 Å². The van der Waals surface area contributed by atoms with Gasteiger partial charge in [-0.2, -0.15) is 0 Å². The van der Waals surface area contributed by atoms with E-state index in [1.165, 1.54) is 5.56 Å². The van der Waals surface area contributed by atoms with Crippen LogP contribution in [-0.2, 0) is 11.2 Å². The first-order valence-electron chi connectivity index (χ1n) is 4.72. The quantitative estimate of drug-likeness (QED) is 0.658. The highest BCUT2D eigenvalue weighted by molar-refractivity contribution is 5.34. The molecule has 1 fully saturated rings. The van der Waals surface area contributed by atoms with Gasteiger partial charge >= 0.3 is 0 Å². The Balaban J connectivity index is 2.10. The van der Waals surface area contributed by atoms with Crippen LogP contribution in [0.4, 0.5) is 0 Å². The van der Waals surface area contributed by atoms with Crippen LogP contribution in [0.2, 0.25) is 0 Å². The van der Waals surface area contributed by atoms with Crippen molar-refractivity contribution in [3.8, 4) is 5.75 Å². The van der Waals surface area contributed by atoms with Gasteiger partial charge in [0.25, 0.3) is 0 Å². The zero-order valence-electron chi connectivity index (χ0n) is 7.82. The van der Waals surface area contributed by atoms with E-state index in [0.717, 1.165) is 25.4 Å². The monoisotopic (exact) mass is 178 g/mol. The van der Waals surface area contributed by atoms with Crippen LogP contribution in [0, 0.1) is 0 Å². The predicted molar refractivity (Wildman–Crippen MR) is 51.1 cm³/mol. The predicted octanol–water partition coefficient (Wildman–Crippen LogP) is 2.03. The van der Waals surface area contributed by atoms with Gasteiger partial charge in [0.1, 0.15) is 5.75 Å². The molecule has 0 saturated carbocycles. The van der Waals surface area contributed by atoms with Crippen molar-refractivity contribution < 1.29 is 9.47 Å². The van der Waals surface area contributed by atoms with E-state index in [2.05, 4.69) is 6.07 Å². The standard InChI is InChI=1S/C11H14O2/c1-2-12-11-6-4-3-5-9(11)7-10-8-13-10/h3-6,10H,2,7-8H2,1H3. The van der Waals surface area contributed by atoms with E-state index in [1.807, 2.05) is 25.1 Å². The first-order valence-corrected chi connectivity index (χ1v) is 4.72. The summed E-state index contributed by atoms with van der Waals surface area (Å²) >= 11 is 0. The number of hydrogen-bond donors (Lipinski definition) is 0. The highest BCUT2D eigenvalue weighted by Crippen LogP contribution is 2.23. The topological polar surface area (TPSA) is 21.8 Å². The van der Waals surface area contributed by atoms with Crippen molar-refractivity contribution in [3.05, 3.63) is 29.8 Å². The summed E-state index contributed by atoms with van der Waals surface area (Å²) in [5.74, 6) is 1.00. The highest BCUT2D eigenvalue weighted by atomic mass is 16.6. The van der Waals surface area contributed by atoms with Gasteiger partial charge in [0, 0.05) is 6.42 Å². The first kappa shape index (κ1) is 8.57. The summed E-state index contributed by atoms with van der Waals surface area (Å²) in [7, 11) is 0. The molecule has 13 heavy (non-hydrogen) atoms. The second kappa shape index (κ2) is 3.79. The SMILES string of the molecule is CCOc1ccccc1CC1CO1. The number of benzene rings is 1. The minimum Gasteiger partial charge on any atom is -0.494 e. The largest absolute Gasteiger partial charge is 0.494 e. The second-order valence-electron chi connectivity index (χ2n) is 3.20. The number of epoxide rings is 1. The summed E-state index contributed by atoms with van der Waals surface area (Å²) in [5, 5.41) is 0. The number of hydrogen-bond acceptors (Lipinski definition) is 2. The van der Waals surface area contributed by atoms with Gasteiger partial charge in [0.15, 0.2) is 0 Å². The van der Waals surface area contributed by atoms with Crippen LogP contribution < -0.4 is 4.74 Å². The molecule has 0 N–H and O–H groups in total. The summed E-state index contributed by atoms with van der Waals surface area (Å²) < 4.78 is 10.7. The van der Waals surface area contributed by atoms with E-state index in [4.69, 9.17) is 9.47 Å². The minimum absolute atomic E-state index is 0.432. The summed E-state index contributed by atoms with van der Waals surface area (Å²) in [6, 6.07) is 8.16. The molecular weight excluding hydrogens is 164 g/mol. The normalized spacial score (nSPS) is 19.9. The molecule has 70 valence electrons. The van der Waals surface area contributed by atoms with Gasteiger partial charge in [0.2, 0.25) is 0 Å². The van der Waals surface area contributed by atoms with Gasteiger partial charge in [-0.25, -0.2) is 0 Å². The van der Waals surface area contributed by atoms with Crippen molar-refractivity contribution in [2.24, 2.45) is 0 Å². The van der Waals surface area contributed by atoms with Crippen LogP contribution in [0.25, 0.3) is 0 Å². The Morgan fingerprint density at radius 2 is 2.23 bits per heavy atom. The average molecular weight is 178 g/mol. The van der Waals surface area contributed by atoms with Crippen molar-refractivity contribution in [2.75, 3.05) is 13.2 Å². The van der Waals surface area contributed by atoms with Crippen LogP contribution in [0.3, 0.4) is 0 Å². The van der Waals surface area contributed by atoms with Gasteiger partial charge in [0.05, 0.1) is 19.3 Å². The molecule has 2 nitrogen and oxygen atoms in total. The molecule has 2 heteroatoms. The van der Waals surface area contributed by atoms with Gasteiger partial charge in [-0.05, 0) is 18.6 Å². The Labute approximate surface area is 78.5 Å². The maximum atomic E-state index is 5.51. The highest BCUT2D eigenvalue weighted by Gasteiger charge is 2.23. The molecule has 1 aliphatic heterocycles. The lowest BCUT2D eigenvalue weighted by atomic mass is 10.1. The Morgan fingerprint density at radius 1 is 1.46 bits per heavy atom. The molecule has 1 heterocycles. The Kier molecular flexibility index (Phi) is 2.50. The van der Waals surface area contributed by atoms with Crippen molar-refractivity contribution in [2.45, 2.75) is 19.4 Å². The molecule has 0 spiro atoms. The van der Waals surface area contributed by atoms with Crippen LogP contribution in [-0.4, -0.2) is 19.3 Å². The Bertz CT molecular complexity index is 279. The molecule has 1 unspecified atom stereocenters. The Morgan fingerprint density at radius 3 is 2.92 bits per heavy atom. The van der Waals surface area contributed by atoms with Gasteiger partial charge < -0.3 is 9.47 Å². The molecule has 2 rings (SSSR count). The number of ether oxygens (including phenoxy) is 2. The smallest absolute Gasteiger partial charge is 0.122 e. The third kappa shape index (κ3) is 2.22. The van der Waals surface area contributed by atoms with Crippen LogP contribution in [0.5, 0.6) is 5.75 Å². The average Bonchev–Trinajstić information content (AvgIpc) is 2.93. The maximum Gasteiger partial charge on any atom is 0.122 e. The van der Waals surface area contributed by atoms with E-state index in [9.17, 15) is 0 Å². The zero-order valence-corrected chi connectivity index (χ0v) is 7.82. The molecule has 0 bridgehead atoms. The zero-order chi connectivity index (χ0) is 9.10. The van der Waals surface area contributed by atoms with E-state index >= 15 is 0 Å². The fraction of sp³-hybridized carbons (Fsp3) is 0.455. The molecule has 1 aromatic carbocycles. The van der Waals surface area contributed by atoms with Gasteiger partial charge in [-0.3, -0.25) is 0 Å². The summed E-state index contributed by atoms with van der Waals surface area (Å²) in [5.41, 5.74) is 1.26. The van der Waals surface area contributed by atoms with Crippen molar-refractivity contribution in [3.63, 3.8) is 0 Å². The molecule has 0 aromatic heterocycles. The molecule has 0 radical (unpaired) electrons. The number of para-hydroxylation sites is 1. The molecule has 1 aromatic rings. The summed E-state index contributed by atoms with van der Waals surface area (Å²) in [6.45, 7) is 3.63. The molecular formula is C11H14O2. The van der Waals surface area contributed by atoms with E-state index in [-0.39, 0.29) is 0 Å². The maximum absolute atomic E-state index is 5.51. The fourth-order valence-corrected chi connectivity index (χ4v) is 1.40. The second-order valence-corrected chi connectivity index (χ2v) is 3.20. The minimum atomic E-state index is 0.432. The lowest BCUT2D eigenvalue weighted by molar-refractivity contribution is 0.333. The molecule has 0 aliphatic carbocycles. The van der Waals surface area contributed by atoms with Gasteiger partial charge in [-0.1, -0.05) is 18.2 Å². The van der Waals surface area contributed by atoms with Crippen LogP contribution in [0.1, 0.15) is 12.5 Å². The van der Waals surface area contributed by atoms with Crippen LogP contribution in [0.15, 0.2) is 24.3 Å². The summed E-state index contributed by atoms with van der Waals surface area (Å²) in [4.78, 5) is 0. The molecule has 1 aliphatic rings. The van der Waals surface area contributed by atoms with Crippen molar-refractivity contribution >= 4 is 0 Å². The van der Waals surface area contributed by atoms with E-state index in [0.29, 0.717) is 6.10 Å². The number of rotatable bonds is 4. The van der Waals surface area contributed by atoms with Crippen molar-refractivity contribution in [1.82, 2.24) is 0 Å². The van der Waals surface area contributed by atoms with E-state index < -0.39 is 0 Å². The molecule has 0 amide bonds. The first-order chi connectivity index (χ1) is 6.40.